The zero-order chi connectivity index (χ0) is 34.8. The summed E-state index contributed by atoms with van der Waals surface area (Å²) in [4.78, 5) is 59.1. The summed E-state index contributed by atoms with van der Waals surface area (Å²) < 4.78 is 12.8. The van der Waals surface area contributed by atoms with Crippen molar-refractivity contribution in [1.29, 1.82) is 0 Å². The first-order valence-corrected chi connectivity index (χ1v) is 17.5. The average molecular weight is 672 g/mol. The molecule has 3 aliphatic heterocycles. The van der Waals surface area contributed by atoms with Gasteiger partial charge in [-0.2, -0.15) is 0 Å². The van der Waals surface area contributed by atoms with E-state index in [-0.39, 0.29) is 43.8 Å². The molecule has 2 aromatic rings. The number of hydrogen-bond donors (Lipinski definition) is 2. The minimum atomic E-state index is -1.16. The molecule has 10 heteroatoms. The Morgan fingerprint density at radius 1 is 1.04 bits per heavy atom. The van der Waals surface area contributed by atoms with Crippen molar-refractivity contribution in [2.24, 2.45) is 11.8 Å². The molecular weight excluding hydrogens is 622 g/mol. The second-order valence-electron chi connectivity index (χ2n) is 13.2. The predicted molar refractivity (Wildman–Crippen MR) is 185 cm³/mol. The number of nitrogens with one attached hydrogen (secondary N) is 1. The number of ether oxygens (including phenoxy) is 2. The van der Waals surface area contributed by atoms with Gasteiger partial charge in [-0.1, -0.05) is 85.7 Å². The molecule has 0 aliphatic carbocycles. The second kappa shape index (κ2) is 16.9. The number of hydrogen-bond acceptors (Lipinski definition) is 7. The molecule has 262 valence electrons. The van der Waals surface area contributed by atoms with Crippen LogP contribution in [-0.2, 0) is 35.2 Å². The van der Waals surface area contributed by atoms with Crippen LogP contribution in [0.15, 0.2) is 86.0 Å². The largest absolute Gasteiger partial charge is 0.455 e. The molecule has 3 fully saturated rings. The van der Waals surface area contributed by atoms with Crippen molar-refractivity contribution in [3.8, 4) is 0 Å². The molecule has 2 N–H and O–H groups in total. The van der Waals surface area contributed by atoms with Gasteiger partial charge < -0.3 is 29.7 Å². The Labute approximate surface area is 289 Å². The Balaban J connectivity index is 1.41. The third-order valence-electron chi connectivity index (χ3n) is 9.98. The van der Waals surface area contributed by atoms with E-state index in [1.54, 1.807) is 22.0 Å². The van der Waals surface area contributed by atoms with E-state index in [1.165, 1.54) is 0 Å². The van der Waals surface area contributed by atoms with Crippen molar-refractivity contribution < 1.29 is 33.8 Å². The fourth-order valence-electron chi connectivity index (χ4n) is 7.70. The minimum Gasteiger partial charge on any atom is -0.455 e. The predicted octanol–water partition coefficient (Wildman–Crippen LogP) is 4.50. The second-order valence-corrected chi connectivity index (χ2v) is 13.2. The third-order valence-corrected chi connectivity index (χ3v) is 9.98. The van der Waals surface area contributed by atoms with Crippen molar-refractivity contribution in [3.05, 3.63) is 97.1 Å². The Morgan fingerprint density at radius 3 is 2.45 bits per heavy atom. The van der Waals surface area contributed by atoms with Gasteiger partial charge in [0.15, 0.2) is 0 Å². The number of aliphatic hydroxyl groups is 1. The van der Waals surface area contributed by atoms with E-state index in [4.69, 9.17) is 9.47 Å². The van der Waals surface area contributed by atoms with E-state index >= 15 is 0 Å². The van der Waals surface area contributed by atoms with Gasteiger partial charge in [0.2, 0.25) is 17.7 Å². The van der Waals surface area contributed by atoms with Crippen LogP contribution in [-0.4, -0.2) is 82.6 Å². The van der Waals surface area contributed by atoms with Gasteiger partial charge in [-0.05, 0) is 43.2 Å². The lowest BCUT2D eigenvalue weighted by Crippen LogP contribution is -2.56. The maximum Gasteiger partial charge on any atom is 0.313 e. The topological polar surface area (TPSA) is 125 Å². The van der Waals surface area contributed by atoms with Crippen LogP contribution in [0.4, 0.5) is 0 Å². The maximum absolute atomic E-state index is 14.6. The van der Waals surface area contributed by atoms with E-state index in [9.17, 15) is 24.3 Å². The summed E-state index contributed by atoms with van der Waals surface area (Å²) in [6.07, 6.45) is 6.72. The molecule has 1 spiro atoms. The average Bonchev–Trinajstić information content (AvgIpc) is 3.76. The molecule has 10 nitrogen and oxygen atoms in total. The summed E-state index contributed by atoms with van der Waals surface area (Å²) in [5, 5.41) is 12.1. The number of nitrogens with zero attached hydrogens (tertiary/aromatic N) is 2. The van der Waals surface area contributed by atoms with Crippen molar-refractivity contribution in [2.45, 2.75) is 81.8 Å². The number of benzene rings is 2. The first-order chi connectivity index (χ1) is 23.8. The molecule has 5 rings (SSSR count). The smallest absolute Gasteiger partial charge is 0.313 e. The SMILES string of the molecule is C=CCCC(=O)NC[C@H](OC(=O)[C@@H]1[C@H]2C(=O)N(CCCCCCO)[C@H](C(=O)N(CC=C)Cc3ccccc3)[C@]23CC[C@H]1O3)c1ccccc1. The standard InChI is InChI=1S/C39H49N3O7/c1-3-5-20-32(44)40-26-31(29-18-12-9-13-19-29)48-38(47)33-30-21-22-39(49-30)34(33)36(45)42(24-14-6-7-15-25-43)35(39)37(46)41(23-4-2)27-28-16-10-8-11-17-28/h3-4,8-13,16-19,30-31,33-35,43H,1-2,5-7,14-15,20-27H2,(H,40,44)/t30-,31+,33+,34+,35-,39+/m1/s1. The Kier molecular flexibility index (Phi) is 12.4. The molecule has 2 bridgehead atoms. The first kappa shape index (κ1) is 36.0. The number of fused-ring (bicyclic) bond motifs is 1. The molecular formula is C39H49N3O7. The number of allylic oxidation sites excluding steroid dienone is 1. The molecule has 3 aliphatic rings. The van der Waals surface area contributed by atoms with E-state index in [1.807, 2.05) is 60.7 Å². The number of carbonyl (C=O) groups excluding carboxylic acids is 4. The van der Waals surface area contributed by atoms with Crippen molar-refractivity contribution in [1.82, 2.24) is 15.1 Å². The number of carbonyl (C=O) groups is 4. The molecule has 2 aromatic carbocycles. The summed E-state index contributed by atoms with van der Waals surface area (Å²) in [6, 6.07) is 18.0. The highest BCUT2D eigenvalue weighted by Gasteiger charge is 2.75. The molecule has 0 aromatic heterocycles. The summed E-state index contributed by atoms with van der Waals surface area (Å²) in [5.41, 5.74) is 0.508. The number of likely N-dealkylation sites (tertiary alicyclic amines) is 1. The number of unbranched alkanes of at least 4 members (excludes halogenated alkanes) is 3. The zero-order valence-corrected chi connectivity index (χ0v) is 28.2. The van der Waals surface area contributed by atoms with Gasteiger partial charge in [0.25, 0.3) is 0 Å². The van der Waals surface area contributed by atoms with E-state index in [2.05, 4.69) is 18.5 Å². The number of esters is 1. The van der Waals surface area contributed by atoms with Crippen LogP contribution in [0.3, 0.4) is 0 Å². The van der Waals surface area contributed by atoms with E-state index in [0.717, 1.165) is 24.0 Å². The highest BCUT2D eigenvalue weighted by molar-refractivity contribution is 5.98. The van der Waals surface area contributed by atoms with Crippen LogP contribution in [0.5, 0.6) is 0 Å². The normalized spacial score (nSPS) is 24.3. The van der Waals surface area contributed by atoms with Crippen LogP contribution in [0.25, 0.3) is 0 Å². The number of amides is 3. The Hall–Kier alpha value is -4.28. The molecule has 49 heavy (non-hydrogen) atoms. The number of aliphatic hydroxyl groups excluding tert-OH is 1. The van der Waals surface area contributed by atoms with Gasteiger partial charge >= 0.3 is 5.97 Å². The summed E-state index contributed by atoms with van der Waals surface area (Å²) in [7, 11) is 0. The highest BCUT2D eigenvalue weighted by atomic mass is 16.6. The molecule has 3 amide bonds. The van der Waals surface area contributed by atoms with E-state index < -0.39 is 41.7 Å². The quantitative estimate of drug-likeness (QED) is 0.128. The Morgan fingerprint density at radius 2 is 1.76 bits per heavy atom. The van der Waals surface area contributed by atoms with E-state index in [0.29, 0.717) is 45.2 Å². The van der Waals surface area contributed by atoms with Crippen LogP contribution in [0.2, 0.25) is 0 Å². The lowest BCUT2D eigenvalue weighted by Gasteiger charge is -2.37. The molecule has 3 heterocycles. The minimum absolute atomic E-state index is 0.0742. The fourth-order valence-corrected chi connectivity index (χ4v) is 7.70. The maximum atomic E-state index is 14.6. The first-order valence-electron chi connectivity index (χ1n) is 17.5. The number of rotatable bonds is 19. The lowest BCUT2D eigenvalue weighted by molar-refractivity contribution is -0.160. The summed E-state index contributed by atoms with van der Waals surface area (Å²) in [5.74, 6) is -3.00. The van der Waals surface area contributed by atoms with Gasteiger partial charge in [-0.25, -0.2) is 0 Å². The summed E-state index contributed by atoms with van der Waals surface area (Å²) in [6.45, 7) is 8.70. The van der Waals surface area contributed by atoms with Crippen LogP contribution in [0.1, 0.15) is 68.6 Å². The van der Waals surface area contributed by atoms with Crippen molar-refractivity contribution in [3.63, 3.8) is 0 Å². The fraction of sp³-hybridized carbons (Fsp3) is 0.487. The van der Waals surface area contributed by atoms with Gasteiger partial charge in [-0.15, -0.1) is 13.2 Å². The molecule has 0 saturated carbocycles. The Bertz CT molecular complexity index is 1470. The molecule has 3 saturated heterocycles. The zero-order valence-electron chi connectivity index (χ0n) is 28.2. The van der Waals surface area contributed by atoms with Crippen LogP contribution < -0.4 is 5.32 Å². The van der Waals surface area contributed by atoms with Crippen molar-refractivity contribution >= 4 is 23.7 Å². The van der Waals surface area contributed by atoms with Gasteiger partial charge in [-0.3, -0.25) is 19.2 Å². The van der Waals surface area contributed by atoms with Crippen molar-refractivity contribution in [2.75, 3.05) is 26.2 Å². The van der Waals surface area contributed by atoms with Gasteiger partial charge in [0.1, 0.15) is 17.7 Å². The monoisotopic (exact) mass is 671 g/mol. The van der Waals surface area contributed by atoms with Crippen LogP contribution >= 0.6 is 0 Å². The summed E-state index contributed by atoms with van der Waals surface area (Å²) >= 11 is 0. The molecule has 6 atom stereocenters. The van der Waals surface area contributed by atoms with Gasteiger partial charge in [0, 0.05) is 32.7 Å². The third kappa shape index (κ3) is 7.97. The highest BCUT2D eigenvalue weighted by Crippen LogP contribution is 2.59. The lowest BCUT2D eigenvalue weighted by atomic mass is 9.70. The molecule has 0 unspecified atom stereocenters. The molecule has 0 radical (unpaired) electrons. The van der Waals surface area contributed by atoms with Crippen LogP contribution in [0, 0.1) is 11.8 Å². The van der Waals surface area contributed by atoms with Gasteiger partial charge in [0.05, 0.1) is 24.5 Å².